The molecule has 5 nitrogen and oxygen atoms in total. The van der Waals surface area contributed by atoms with Gasteiger partial charge in [-0.05, 0) is 68.5 Å². The van der Waals surface area contributed by atoms with Gasteiger partial charge in [-0.3, -0.25) is 0 Å². The molecule has 166 valence electrons. The van der Waals surface area contributed by atoms with E-state index in [2.05, 4.69) is 21.7 Å². The van der Waals surface area contributed by atoms with Gasteiger partial charge in [-0.1, -0.05) is 24.1 Å². The van der Waals surface area contributed by atoms with Gasteiger partial charge in [0.2, 0.25) is 10.0 Å². The Hall–Kier alpha value is -2.66. The van der Waals surface area contributed by atoms with Crippen molar-refractivity contribution in [2.24, 2.45) is 0 Å². The molecule has 0 aliphatic heterocycles. The molecule has 0 saturated heterocycles. The fourth-order valence-electron chi connectivity index (χ4n) is 3.97. The molecule has 7 heteroatoms. The van der Waals surface area contributed by atoms with E-state index in [-0.39, 0.29) is 17.9 Å². The second-order valence-corrected chi connectivity index (χ2v) is 11.1. The Bertz CT molecular complexity index is 1290. The molecule has 1 aliphatic carbocycles. The Kier molecular flexibility index (Phi) is 6.38. The topological polar surface area (TPSA) is 68.3 Å². The number of nitrogens with one attached hydrogen (secondary N) is 1. The lowest BCUT2D eigenvalue weighted by Gasteiger charge is -2.14. The van der Waals surface area contributed by atoms with Crippen LogP contribution in [0.3, 0.4) is 0 Å². The number of fused-ring (bicyclic) bond motifs is 1. The molecule has 1 N–H and O–H groups in total. The number of aromatic nitrogens is 1. The van der Waals surface area contributed by atoms with Crippen molar-refractivity contribution in [1.29, 1.82) is 0 Å². The smallest absolute Gasteiger partial charge is 0.211 e. The number of thiazole rings is 1. The molecule has 4 rings (SSSR count). The van der Waals surface area contributed by atoms with Crippen molar-refractivity contribution in [3.8, 4) is 39.1 Å². The molecule has 0 bridgehead atoms. The molecule has 1 heterocycles. The van der Waals surface area contributed by atoms with E-state index in [0.717, 1.165) is 39.4 Å². The number of hydrogen-bond donors (Lipinski definition) is 1. The standard InChI is InChI=1S/C25H26N2O3S2/c1-5-17-14-18(10-13-23(17)30-16(3)4)25-26-15-24(31-25)21-9-7-8-20-19(21)11-12-22(20)27-32(28,29)6-2/h1,7-10,13-16,22,27H,6,11-12H2,2-4H3. The highest BCUT2D eigenvalue weighted by Gasteiger charge is 2.28. The maximum Gasteiger partial charge on any atom is 0.211 e. The predicted octanol–water partition coefficient (Wildman–Crippen LogP) is 5.17. The first-order valence-corrected chi connectivity index (χ1v) is 13.1. The average molecular weight is 467 g/mol. The lowest BCUT2D eigenvalue weighted by Crippen LogP contribution is -2.28. The Morgan fingerprint density at radius 2 is 2.12 bits per heavy atom. The summed E-state index contributed by atoms with van der Waals surface area (Å²) in [6.45, 7) is 5.59. The van der Waals surface area contributed by atoms with Crippen molar-refractivity contribution >= 4 is 21.4 Å². The van der Waals surface area contributed by atoms with Gasteiger partial charge in [-0.25, -0.2) is 18.1 Å². The van der Waals surface area contributed by atoms with Crippen LogP contribution < -0.4 is 9.46 Å². The highest BCUT2D eigenvalue weighted by molar-refractivity contribution is 7.89. The van der Waals surface area contributed by atoms with Crippen molar-refractivity contribution in [1.82, 2.24) is 9.71 Å². The van der Waals surface area contributed by atoms with Crippen molar-refractivity contribution in [3.05, 3.63) is 59.3 Å². The molecule has 3 aromatic rings. The summed E-state index contributed by atoms with van der Waals surface area (Å²) in [5.74, 6) is 3.49. The zero-order valence-corrected chi connectivity index (χ0v) is 20.0. The van der Waals surface area contributed by atoms with E-state index in [1.54, 1.807) is 18.3 Å². The van der Waals surface area contributed by atoms with Gasteiger partial charge in [-0.15, -0.1) is 17.8 Å². The third-order valence-electron chi connectivity index (χ3n) is 5.49. The quantitative estimate of drug-likeness (QED) is 0.488. The van der Waals surface area contributed by atoms with E-state index >= 15 is 0 Å². The molecular formula is C25H26N2O3S2. The normalized spacial score (nSPS) is 15.5. The molecule has 1 aromatic heterocycles. The molecule has 0 radical (unpaired) electrons. The Morgan fingerprint density at radius 3 is 2.84 bits per heavy atom. The summed E-state index contributed by atoms with van der Waals surface area (Å²) in [7, 11) is -3.26. The molecule has 0 fully saturated rings. The van der Waals surface area contributed by atoms with Crippen LogP contribution in [-0.4, -0.2) is 25.3 Å². The van der Waals surface area contributed by atoms with Gasteiger partial charge in [0.05, 0.1) is 22.3 Å². The second-order valence-electron chi connectivity index (χ2n) is 8.04. The maximum absolute atomic E-state index is 12.1. The number of sulfonamides is 1. The first-order chi connectivity index (χ1) is 15.3. The van der Waals surface area contributed by atoms with Crippen molar-refractivity contribution in [3.63, 3.8) is 0 Å². The molecule has 1 atom stereocenters. The van der Waals surface area contributed by atoms with Crippen molar-refractivity contribution < 1.29 is 13.2 Å². The predicted molar refractivity (Wildman–Crippen MR) is 130 cm³/mol. The summed E-state index contributed by atoms with van der Waals surface area (Å²) in [6.07, 6.45) is 9.23. The zero-order chi connectivity index (χ0) is 22.9. The number of rotatable bonds is 7. The lowest BCUT2D eigenvalue weighted by molar-refractivity contribution is 0.242. The Labute approximate surface area is 193 Å². The summed E-state index contributed by atoms with van der Waals surface area (Å²) in [6, 6.07) is 11.7. The van der Waals surface area contributed by atoms with Crippen LogP contribution in [0.2, 0.25) is 0 Å². The molecule has 2 aromatic carbocycles. The van der Waals surface area contributed by atoms with Crippen LogP contribution in [0.5, 0.6) is 5.75 Å². The van der Waals surface area contributed by atoms with Gasteiger partial charge in [0, 0.05) is 17.8 Å². The summed E-state index contributed by atoms with van der Waals surface area (Å²) in [4.78, 5) is 5.70. The summed E-state index contributed by atoms with van der Waals surface area (Å²) < 4.78 is 32.8. The first-order valence-electron chi connectivity index (χ1n) is 10.7. The monoisotopic (exact) mass is 466 g/mol. The van der Waals surface area contributed by atoms with Crippen LogP contribution in [0.25, 0.3) is 21.0 Å². The maximum atomic E-state index is 12.1. The van der Waals surface area contributed by atoms with Gasteiger partial charge in [0.25, 0.3) is 0 Å². The van der Waals surface area contributed by atoms with E-state index in [1.807, 2.05) is 50.4 Å². The third-order valence-corrected chi connectivity index (χ3v) is 7.97. The van der Waals surface area contributed by atoms with E-state index in [4.69, 9.17) is 11.2 Å². The second kappa shape index (κ2) is 9.07. The van der Waals surface area contributed by atoms with Crippen molar-refractivity contribution in [2.45, 2.75) is 45.8 Å². The Morgan fingerprint density at radius 1 is 1.31 bits per heavy atom. The van der Waals surface area contributed by atoms with Crippen molar-refractivity contribution in [2.75, 3.05) is 5.75 Å². The molecule has 32 heavy (non-hydrogen) atoms. The highest BCUT2D eigenvalue weighted by Crippen LogP contribution is 2.41. The largest absolute Gasteiger partial charge is 0.490 e. The van der Waals surface area contributed by atoms with Gasteiger partial charge in [0.1, 0.15) is 10.8 Å². The number of ether oxygens (including phenoxy) is 1. The molecule has 0 saturated carbocycles. The molecule has 1 unspecified atom stereocenters. The number of benzene rings is 2. The molecular weight excluding hydrogens is 440 g/mol. The average Bonchev–Trinajstić information content (AvgIpc) is 3.41. The summed E-state index contributed by atoms with van der Waals surface area (Å²) in [5.41, 5.74) is 5.02. The zero-order valence-electron chi connectivity index (χ0n) is 18.4. The fraction of sp³-hybridized carbons (Fsp3) is 0.320. The molecule has 0 amide bonds. The van der Waals surface area contributed by atoms with Crippen LogP contribution in [-0.2, 0) is 16.4 Å². The van der Waals surface area contributed by atoms with E-state index < -0.39 is 10.0 Å². The molecule has 0 spiro atoms. The van der Waals surface area contributed by atoms with Gasteiger partial charge >= 0.3 is 0 Å². The Balaban J connectivity index is 1.65. The fourth-order valence-corrected chi connectivity index (χ4v) is 5.78. The number of nitrogens with zero attached hydrogens (tertiary/aromatic N) is 1. The lowest BCUT2D eigenvalue weighted by atomic mass is 10.0. The minimum absolute atomic E-state index is 0.0465. The van der Waals surface area contributed by atoms with Gasteiger partial charge in [-0.2, -0.15) is 0 Å². The van der Waals surface area contributed by atoms with E-state index in [1.165, 1.54) is 5.56 Å². The highest BCUT2D eigenvalue weighted by atomic mass is 32.2. The third kappa shape index (κ3) is 4.58. The summed E-state index contributed by atoms with van der Waals surface area (Å²) >= 11 is 1.60. The van der Waals surface area contributed by atoms with Crippen LogP contribution in [0.4, 0.5) is 0 Å². The van der Waals surface area contributed by atoms with Crippen LogP contribution >= 0.6 is 11.3 Å². The number of terminal acetylenes is 1. The first kappa shape index (κ1) is 22.5. The van der Waals surface area contributed by atoms with E-state index in [0.29, 0.717) is 11.3 Å². The minimum atomic E-state index is -3.26. The SMILES string of the molecule is C#Cc1cc(-c2ncc(-c3cccc4c3CCC4NS(=O)(=O)CC)s2)ccc1OC(C)C. The van der Waals surface area contributed by atoms with E-state index in [9.17, 15) is 8.42 Å². The van der Waals surface area contributed by atoms with Crippen LogP contribution in [0.15, 0.2) is 42.6 Å². The molecule has 1 aliphatic rings. The van der Waals surface area contributed by atoms with Gasteiger partial charge in [0.15, 0.2) is 0 Å². The summed E-state index contributed by atoms with van der Waals surface area (Å²) in [5, 5.41) is 0.881. The minimum Gasteiger partial charge on any atom is -0.490 e. The van der Waals surface area contributed by atoms with Gasteiger partial charge < -0.3 is 4.74 Å². The van der Waals surface area contributed by atoms with Crippen LogP contribution in [0, 0.1) is 12.3 Å². The number of hydrogen-bond acceptors (Lipinski definition) is 5. The van der Waals surface area contributed by atoms with Crippen LogP contribution in [0.1, 0.15) is 49.9 Å².